The smallest absolute Gasteiger partial charge is 0.254 e. The number of rotatable bonds is 3. The van der Waals surface area contributed by atoms with Gasteiger partial charge >= 0.3 is 0 Å². The molecule has 3 heteroatoms. The minimum atomic E-state index is -0.476. The van der Waals surface area contributed by atoms with Gasteiger partial charge in [-0.2, -0.15) is 0 Å². The van der Waals surface area contributed by atoms with E-state index in [0.29, 0.717) is 18.4 Å². The van der Waals surface area contributed by atoms with Crippen molar-refractivity contribution in [2.75, 3.05) is 6.54 Å². The molecule has 0 fully saturated rings. The first-order valence-corrected chi connectivity index (χ1v) is 9.44. The molecule has 2 nitrogen and oxygen atoms in total. The van der Waals surface area contributed by atoms with Crippen molar-refractivity contribution in [3.63, 3.8) is 0 Å². The molecular weight excluding hydrogens is 337 g/mol. The second-order valence-electron chi connectivity index (χ2n) is 7.47. The molecule has 0 heterocycles. The van der Waals surface area contributed by atoms with E-state index < -0.39 is 5.82 Å². The molecular formula is C24H20FNO. The number of benzene rings is 3. The van der Waals surface area contributed by atoms with E-state index in [9.17, 15) is 9.18 Å². The normalized spacial score (nSPS) is 22.0. The topological polar surface area (TPSA) is 29.1 Å². The molecule has 1 N–H and O–H groups in total. The molecule has 0 saturated carbocycles. The van der Waals surface area contributed by atoms with Gasteiger partial charge in [-0.05, 0) is 46.7 Å². The summed E-state index contributed by atoms with van der Waals surface area (Å²) < 4.78 is 13.9. The average Bonchev–Trinajstić information content (AvgIpc) is 2.72. The van der Waals surface area contributed by atoms with Gasteiger partial charge in [0.2, 0.25) is 0 Å². The number of nitrogens with one attached hydrogen (secondary N) is 1. The number of halogens is 1. The highest BCUT2D eigenvalue weighted by Crippen LogP contribution is 2.55. The average molecular weight is 357 g/mol. The SMILES string of the molecule is O=C(NCC1CC2c3ccccc3C1c1ccccc12)c1ccccc1F. The van der Waals surface area contributed by atoms with Crippen LogP contribution in [0.3, 0.4) is 0 Å². The predicted molar refractivity (Wildman–Crippen MR) is 103 cm³/mol. The molecule has 1 unspecified atom stereocenters. The Morgan fingerprint density at radius 3 is 2.04 bits per heavy atom. The lowest BCUT2D eigenvalue weighted by Gasteiger charge is -2.45. The fourth-order valence-corrected chi connectivity index (χ4v) is 4.92. The van der Waals surface area contributed by atoms with Crippen LogP contribution in [0.4, 0.5) is 4.39 Å². The first-order chi connectivity index (χ1) is 13.2. The number of carbonyl (C=O) groups excluding carboxylic acids is 1. The maximum atomic E-state index is 13.9. The number of amides is 1. The van der Waals surface area contributed by atoms with Crippen molar-refractivity contribution < 1.29 is 9.18 Å². The Kier molecular flexibility index (Phi) is 3.82. The number of fused-ring (bicyclic) bond motifs is 1. The molecule has 0 spiro atoms. The second-order valence-corrected chi connectivity index (χ2v) is 7.47. The zero-order valence-corrected chi connectivity index (χ0v) is 14.9. The van der Waals surface area contributed by atoms with E-state index >= 15 is 0 Å². The summed E-state index contributed by atoms with van der Waals surface area (Å²) in [4.78, 5) is 12.5. The summed E-state index contributed by atoms with van der Waals surface area (Å²) in [5.41, 5.74) is 5.69. The van der Waals surface area contributed by atoms with Crippen LogP contribution in [-0.2, 0) is 0 Å². The van der Waals surface area contributed by atoms with Crippen molar-refractivity contribution in [2.24, 2.45) is 5.92 Å². The van der Waals surface area contributed by atoms with Gasteiger partial charge in [-0.15, -0.1) is 0 Å². The van der Waals surface area contributed by atoms with Crippen LogP contribution in [0.2, 0.25) is 0 Å². The fraction of sp³-hybridized carbons (Fsp3) is 0.208. The molecule has 3 aliphatic carbocycles. The van der Waals surface area contributed by atoms with Crippen LogP contribution in [0.1, 0.15) is 50.9 Å². The van der Waals surface area contributed by atoms with Crippen LogP contribution >= 0.6 is 0 Å². The summed E-state index contributed by atoms with van der Waals surface area (Å²) >= 11 is 0. The van der Waals surface area contributed by atoms with E-state index in [4.69, 9.17) is 0 Å². The van der Waals surface area contributed by atoms with Gasteiger partial charge in [0.05, 0.1) is 5.56 Å². The molecule has 0 aliphatic heterocycles. The molecule has 0 saturated heterocycles. The van der Waals surface area contributed by atoms with Crippen LogP contribution < -0.4 is 5.32 Å². The lowest BCUT2D eigenvalue weighted by molar-refractivity contribution is 0.0939. The third kappa shape index (κ3) is 2.57. The largest absolute Gasteiger partial charge is 0.352 e. The van der Waals surface area contributed by atoms with Crippen molar-refractivity contribution in [1.29, 1.82) is 0 Å². The molecule has 134 valence electrons. The number of carbonyl (C=O) groups is 1. The first-order valence-electron chi connectivity index (χ1n) is 9.44. The lowest BCUT2D eigenvalue weighted by atomic mass is 9.59. The maximum absolute atomic E-state index is 13.9. The van der Waals surface area contributed by atoms with Gasteiger partial charge < -0.3 is 5.32 Å². The standard InChI is InChI=1S/C24H20FNO/c25-22-12-6-5-11-20(22)24(27)26-14-15-13-21-16-7-1-3-9-18(16)23(15)19-10-4-2-8-17(19)21/h1-12,15,21,23H,13-14H2,(H,26,27). The van der Waals surface area contributed by atoms with E-state index in [2.05, 4.69) is 53.8 Å². The van der Waals surface area contributed by atoms with E-state index in [1.54, 1.807) is 12.1 Å². The van der Waals surface area contributed by atoms with Gasteiger partial charge in [0, 0.05) is 18.4 Å². The van der Waals surface area contributed by atoms with Crippen molar-refractivity contribution in [3.05, 3.63) is 106 Å². The third-order valence-electron chi connectivity index (χ3n) is 6.07. The van der Waals surface area contributed by atoms with Crippen molar-refractivity contribution >= 4 is 5.91 Å². The molecule has 27 heavy (non-hydrogen) atoms. The van der Waals surface area contributed by atoms with Crippen LogP contribution in [0.5, 0.6) is 0 Å². The first kappa shape index (κ1) is 16.2. The number of hydrogen-bond donors (Lipinski definition) is 1. The summed E-state index contributed by atoms with van der Waals surface area (Å²) in [6.45, 7) is 0.553. The molecule has 1 amide bonds. The summed E-state index contributed by atoms with van der Waals surface area (Å²) in [5, 5.41) is 2.98. The zero-order chi connectivity index (χ0) is 18.4. The lowest BCUT2D eigenvalue weighted by Crippen LogP contribution is -2.39. The third-order valence-corrected chi connectivity index (χ3v) is 6.07. The number of hydrogen-bond acceptors (Lipinski definition) is 1. The van der Waals surface area contributed by atoms with Gasteiger partial charge in [0.25, 0.3) is 5.91 Å². The maximum Gasteiger partial charge on any atom is 0.254 e. The molecule has 3 aromatic carbocycles. The predicted octanol–water partition coefficient (Wildman–Crippen LogP) is 4.85. The van der Waals surface area contributed by atoms with Gasteiger partial charge in [0.15, 0.2) is 0 Å². The highest BCUT2D eigenvalue weighted by Gasteiger charge is 2.42. The van der Waals surface area contributed by atoms with E-state index in [1.807, 2.05) is 0 Å². The molecule has 3 aromatic rings. The van der Waals surface area contributed by atoms with Crippen molar-refractivity contribution in [1.82, 2.24) is 5.32 Å². The minimum absolute atomic E-state index is 0.110. The highest BCUT2D eigenvalue weighted by molar-refractivity contribution is 5.94. The summed E-state index contributed by atoms with van der Waals surface area (Å²) in [7, 11) is 0. The Balaban J connectivity index is 1.44. The van der Waals surface area contributed by atoms with E-state index in [0.717, 1.165) is 6.42 Å². The molecule has 2 bridgehead atoms. The van der Waals surface area contributed by atoms with Crippen molar-refractivity contribution in [2.45, 2.75) is 18.3 Å². The summed E-state index contributed by atoms with van der Waals surface area (Å²) in [6, 6.07) is 23.4. The van der Waals surface area contributed by atoms with Crippen molar-refractivity contribution in [3.8, 4) is 0 Å². The minimum Gasteiger partial charge on any atom is -0.352 e. The molecule has 0 aromatic heterocycles. The molecule has 6 rings (SSSR count). The monoisotopic (exact) mass is 357 g/mol. The second kappa shape index (κ2) is 6.34. The Labute approximate surface area is 158 Å². The van der Waals surface area contributed by atoms with Gasteiger partial charge in [0.1, 0.15) is 5.82 Å². The van der Waals surface area contributed by atoms with Gasteiger partial charge in [-0.25, -0.2) is 4.39 Å². The molecule has 1 atom stereocenters. The van der Waals surface area contributed by atoms with Crippen LogP contribution in [0.15, 0.2) is 72.8 Å². The zero-order valence-electron chi connectivity index (χ0n) is 14.9. The Morgan fingerprint density at radius 2 is 1.41 bits per heavy atom. The molecule has 3 aliphatic rings. The van der Waals surface area contributed by atoms with Crippen LogP contribution in [0.25, 0.3) is 0 Å². The van der Waals surface area contributed by atoms with E-state index in [-0.39, 0.29) is 17.4 Å². The molecule has 0 radical (unpaired) electrons. The summed E-state index contributed by atoms with van der Waals surface area (Å²) in [6.07, 6.45) is 1.01. The van der Waals surface area contributed by atoms with Gasteiger partial charge in [-0.1, -0.05) is 60.7 Å². The fourth-order valence-electron chi connectivity index (χ4n) is 4.92. The van der Waals surface area contributed by atoms with Crippen LogP contribution in [0, 0.1) is 11.7 Å². The van der Waals surface area contributed by atoms with E-state index in [1.165, 1.54) is 34.4 Å². The quantitative estimate of drug-likeness (QED) is 0.713. The Bertz CT molecular complexity index is 981. The Morgan fingerprint density at radius 1 is 0.852 bits per heavy atom. The Hall–Kier alpha value is -2.94. The van der Waals surface area contributed by atoms with Gasteiger partial charge in [-0.3, -0.25) is 4.79 Å². The highest BCUT2D eigenvalue weighted by atomic mass is 19.1. The van der Waals surface area contributed by atoms with Crippen LogP contribution in [-0.4, -0.2) is 12.5 Å². The summed E-state index contributed by atoms with van der Waals surface area (Å²) in [5.74, 6) is 0.156.